The van der Waals surface area contributed by atoms with Crippen molar-refractivity contribution in [3.05, 3.63) is 24.5 Å². The highest BCUT2D eigenvalue weighted by molar-refractivity contribution is 6.99. The fourth-order valence-corrected chi connectivity index (χ4v) is 3.49. The monoisotopic (exact) mass is 484 g/mol. The van der Waals surface area contributed by atoms with Gasteiger partial charge in [-0.15, -0.1) is 13.1 Å². The smallest absolute Gasteiger partial charge is 0.291 e. The quantitative estimate of drug-likeness (QED) is 0.218. The zero-order chi connectivity index (χ0) is 22.4. The van der Waals surface area contributed by atoms with Crippen molar-refractivity contribution < 1.29 is 33.0 Å². The van der Waals surface area contributed by atoms with Crippen molar-refractivity contribution in [2.24, 2.45) is 7.05 Å². The number of aromatic nitrogens is 5. The van der Waals surface area contributed by atoms with Gasteiger partial charge in [0.25, 0.3) is 17.6 Å². The summed E-state index contributed by atoms with van der Waals surface area (Å²) < 4.78 is 51.0. The van der Waals surface area contributed by atoms with E-state index in [2.05, 4.69) is 17.5 Å². The van der Waals surface area contributed by atoms with Crippen molar-refractivity contribution in [3.8, 4) is 28.9 Å². The van der Waals surface area contributed by atoms with E-state index in [-0.39, 0.29) is 0 Å². The minimum atomic E-state index is 0.365. The van der Waals surface area contributed by atoms with Crippen molar-refractivity contribution in [1.29, 1.82) is 0 Å². The number of pyridine rings is 1. The van der Waals surface area contributed by atoms with Gasteiger partial charge in [-0.3, -0.25) is 0 Å². The van der Waals surface area contributed by atoms with E-state index in [1.54, 1.807) is 0 Å². The molecule has 32 heavy (non-hydrogen) atoms. The van der Waals surface area contributed by atoms with E-state index in [1.165, 1.54) is 7.11 Å². The molecule has 0 fully saturated rings. The van der Waals surface area contributed by atoms with Gasteiger partial charge in [0.05, 0.1) is 75.8 Å². The van der Waals surface area contributed by atoms with Crippen LogP contribution in [0.4, 0.5) is 0 Å². The lowest BCUT2D eigenvalue weighted by molar-refractivity contribution is -0.671. The molecule has 3 aromatic heterocycles. The molecule has 0 bridgehead atoms. The van der Waals surface area contributed by atoms with Crippen LogP contribution in [0.5, 0.6) is 17.6 Å². The average Bonchev–Trinajstić information content (AvgIpc) is 3.46. The van der Waals surface area contributed by atoms with E-state index in [9.17, 15) is 0 Å². The number of nitrogens with zero attached hydrogens (tertiary/aromatic N) is 5. The fourth-order valence-electron chi connectivity index (χ4n) is 2.50. The third-order valence-corrected chi connectivity index (χ3v) is 4.98. The van der Waals surface area contributed by atoms with Crippen molar-refractivity contribution >= 4 is 23.5 Å². The number of rotatable bonds is 16. The summed E-state index contributed by atoms with van der Waals surface area (Å²) >= 11 is 2.16. The van der Waals surface area contributed by atoms with Crippen LogP contribution in [0.3, 0.4) is 0 Å². The highest BCUT2D eigenvalue weighted by atomic mass is 32.1. The second-order valence-corrected chi connectivity index (χ2v) is 7.35. The van der Waals surface area contributed by atoms with E-state index >= 15 is 0 Å². The first kappa shape index (κ1) is 24.2. The van der Waals surface area contributed by atoms with Gasteiger partial charge in [-0.1, -0.05) is 0 Å². The third-order valence-electron chi connectivity index (χ3n) is 3.97. The van der Waals surface area contributed by atoms with E-state index in [0.717, 1.165) is 34.7 Å². The minimum absolute atomic E-state index is 0.365. The first-order valence-electron chi connectivity index (χ1n) is 9.91. The summed E-state index contributed by atoms with van der Waals surface area (Å²) in [5.41, 5.74) is 1.70. The van der Waals surface area contributed by atoms with Crippen LogP contribution < -0.4 is 18.8 Å². The number of hydrogen-bond acceptors (Lipinski definition) is 12. The maximum absolute atomic E-state index is 5.71. The van der Waals surface area contributed by atoms with Crippen LogP contribution in [-0.2, 0) is 21.3 Å². The number of ether oxygens (including phenoxy) is 6. The van der Waals surface area contributed by atoms with Gasteiger partial charge in [-0.2, -0.15) is 4.37 Å². The molecule has 3 rings (SSSR count). The van der Waals surface area contributed by atoms with Gasteiger partial charge >= 0.3 is 0 Å². The Morgan fingerprint density at radius 2 is 1.31 bits per heavy atom. The molecule has 0 N–H and O–H groups in total. The molecule has 0 unspecified atom stereocenters. The molecule has 3 aromatic rings. The maximum atomic E-state index is 5.71. The molecule has 0 atom stereocenters. The largest absolute Gasteiger partial charge is 0.477 e. The Bertz CT molecular complexity index is 925. The van der Waals surface area contributed by atoms with Crippen LogP contribution in [0.1, 0.15) is 0 Å². The lowest BCUT2D eigenvalue weighted by Gasteiger charge is -2.08. The lowest BCUT2D eigenvalue weighted by Crippen LogP contribution is -2.26. The van der Waals surface area contributed by atoms with Crippen molar-refractivity contribution in [2.75, 3.05) is 60.0 Å². The maximum Gasteiger partial charge on any atom is 0.291 e. The van der Waals surface area contributed by atoms with Gasteiger partial charge in [0.15, 0.2) is 18.1 Å². The molecule has 13 heteroatoms. The summed E-state index contributed by atoms with van der Waals surface area (Å²) in [4.78, 5) is 0. The van der Waals surface area contributed by atoms with Gasteiger partial charge in [0.2, 0.25) is 0 Å². The Hall–Kier alpha value is -2.45. The molecule has 0 aliphatic carbocycles. The first-order valence-corrected chi connectivity index (χ1v) is 11.4. The van der Waals surface area contributed by atoms with Gasteiger partial charge in [-0.05, 0) is 6.07 Å². The average molecular weight is 485 g/mol. The minimum Gasteiger partial charge on any atom is -0.477 e. The van der Waals surface area contributed by atoms with Crippen LogP contribution in [0.25, 0.3) is 11.3 Å². The molecule has 0 saturated carbocycles. The highest BCUT2D eigenvalue weighted by Gasteiger charge is 2.14. The molecular weight excluding hydrogens is 458 g/mol. The number of methoxy groups -OCH3 is 1. The molecule has 0 radical (unpaired) electrons. The van der Waals surface area contributed by atoms with Crippen LogP contribution in [-0.4, -0.2) is 77.5 Å². The standard InChI is InChI=1S/C19H26N5O6S2/c1-24-5-3-4-15(14-24)16-17(21-31-20-16)29-12-10-27-8-6-26-7-9-28-11-13-30-19-18(25-2)22-32-23-19/h3-5,14H,6-13H2,1-2H3/q+1. The van der Waals surface area contributed by atoms with Gasteiger partial charge in [0.1, 0.15) is 20.3 Å². The fraction of sp³-hybridized carbons (Fsp3) is 0.526. The van der Waals surface area contributed by atoms with E-state index in [0.29, 0.717) is 70.5 Å². The predicted octanol–water partition coefficient (Wildman–Crippen LogP) is 1.40. The van der Waals surface area contributed by atoms with Crippen molar-refractivity contribution in [3.63, 3.8) is 0 Å². The topological polar surface area (TPSA) is 111 Å². The van der Waals surface area contributed by atoms with E-state index in [1.807, 2.05) is 36.1 Å². The highest BCUT2D eigenvalue weighted by Crippen LogP contribution is 2.26. The third kappa shape index (κ3) is 7.91. The lowest BCUT2D eigenvalue weighted by atomic mass is 10.2. The summed E-state index contributed by atoms with van der Waals surface area (Å²) in [6, 6.07) is 3.93. The number of aryl methyl sites for hydroxylation is 1. The molecule has 0 aliphatic heterocycles. The Balaban J connectivity index is 1.16. The van der Waals surface area contributed by atoms with E-state index in [4.69, 9.17) is 28.4 Å². The normalized spacial score (nSPS) is 10.9. The van der Waals surface area contributed by atoms with Gasteiger partial charge < -0.3 is 28.4 Å². The molecule has 0 aromatic carbocycles. The number of hydrogen-bond donors (Lipinski definition) is 0. The summed E-state index contributed by atoms with van der Waals surface area (Å²) in [5.74, 6) is 1.29. The second-order valence-electron chi connectivity index (χ2n) is 6.29. The Labute approximate surface area is 194 Å². The summed E-state index contributed by atoms with van der Waals surface area (Å²) in [6.07, 6.45) is 3.93. The zero-order valence-corrected chi connectivity index (χ0v) is 19.6. The molecule has 0 spiro atoms. The molecule has 11 nitrogen and oxygen atoms in total. The molecule has 174 valence electrons. The second kappa shape index (κ2) is 13.9. The van der Waals surface area contributed by atoms with Crippen LogP contribution in [0, 0.1) is 0 Å². The van der Waals surface area contributed by atoms with Crippen molar-refractivity contribution in [2.45, 2.75) is 0 Å². The molecule has 3 heterocycles. The van der Waals surface area contributed by atoms with Crippen molar-refractivity contribution in [1.82, 2.24) is 17.5 Å². The summed E-state index contributed by atoms with van der Waals surface area (Å²) in [5, 5.41) is 0. The van der Waals surface area contributed by atoms with Crippen LogP contribution in [0.15, 0.2) is 24.5 Å². The SMILES string of the molecule is COc1nsnc1OCCOCCOCCOCCOc1nsnc1-c1ccc[n+](C)c1. The summed E-state index contributed by atoms with van der Waals surface area (Å²) in [7, 11) is 3.48. The van der Waals surface area contributed by atoms with Crippen LogP contribution >= 0.6 is 23.5 Å². The summed E-state index contributed by atoms with van der Waals surface area (Å²) in [6.45, 7) is 3.51. The van der Waals surface area contributed by atoms with E-state index < -0.39 is 0 Å². The Morgan fingerprint density at radius 1 is 0.750 bits per heavy atom. The van der Waals surface area contributed by atoms with Crippen LogP contribution in [0.2, 0.25) is 0 Å². The molecular formula is C19H26N5O6S2+. The Morgan fingerprint density at radius 3 is 1.97 bits per heavy atom. The van der Waals surface area contributed by atoms with Gasteiger partial charge in [-0.25, -0.2) is 4.57 Å². The van der Waals surface area contributed by atoms with Gasteiger partial charge in [0, 0.05) is 6.07 Å². The molecule has 0 saturated heterocycles. The Kier molecular flexibility index (Phi) is 10.5. The first-order chi connectivity index (χ1) is 15.8. The zero-order valence-electron chi connectivity index (χ0n) is 18.0. The molecule has 0 amide bonds. The predicted molar refractivity (Wildman–Crippen MR) is 116 cm³/mol. The molecule has 0 aliphatic rings.